The van der Waals surface area contributed by atoms with Crippen molar-refractivity contribution in [2.45, 2.75) is 25.7 Å². The molecule has 0 radical (unpaired) electrons. The second kappa shape index (κ2) is 7.33. The summed E-state index contributed by atoms with van der Waals surface area (Å²) in [5, 5.41) is 4.41. The van der Waals surface area contributed by atoms with Crippen LogP contribution in [0, 0.1) is 6.92 Å². The van der Waals surface area contributed by atoms with Crippen LogP contribution in [0.4, 0.5) is 5.69 Å². The van der Waals surface area contributed by atoms with Crippen LogP contribution in [0.5, 0.6) is 0 Å². The maximum absolute atomic E-state index is 12.2. The van der Waals surface area contributed by atoms with Crippen LogP contribution in [-0.2, 0) is 4.79 Å². The summed E-state index contributed by atoms with van der Waals surface area (Å²) in [7, 11) is 0. The van der Waals surface area contributed by atoms with Gasteiger partial charge >= 0.3 is 0 Å². The van der Waals surface area contributed by atoms with Crippen molar-refractivity contribution in [2.24, 2.45) is 0 Å². The number of aromatic nitrogens is 1. The molecule has 0 saturated heterocycles. The van der Waals surface area contributed by atoms with E-state index < -0.39 is 0 Å². The molecule has 29 heavy (non-hydrogen) atoms. The number of furan rings is 1. The Morgan fingerprint density at radius 1 is 1.10 bits per heavy atom. The number of carbonyl (C=O) groups excluding carboxylic acids is 1. The van der Waals surface area contributed by atoms with Crippen LogP contribution in [0.3, 0.4) is 0 Å². The number of hydrogen-bond acceptors (Lipinski definition) is 5. The zero-order valence-corrected chi connectivity index (χ0v) is 16.8. The standard InChI is InChI=1S/C24H20N2O2S/c1-15-4-9-21-23(11-15)29-24(26-21)16-5-7-18(8-6-16)25-19-12-17(13-20(27)14-19)22-3-2-10-28-22/h2-11,14,17,25H,12-13H2,1H3/t17-/m1/s1. The van der Waals surface area contributed by atoms with E-state index in [-0.39, 0.29) is 11.7 Å². The van der Waals surface area contributed by atoms with E-state index in [0.717, 1.165) is 39.7 Å². The van der Waals surface area contributed by atoms with E-state index in [0.29, 0.717) is 6.42 Å². The van der Waals surface area contributed by atoms with E-state index in [1.807, 2.05) is 24.3 Å². The van der Waals surface area contributed by atoms with Crippen molar-refractivity contribution >= 4 is 33.0 Å². The Kier molecular flexibility index (Phi) is 4.52. The number of rotatable bonds is 4. The lowest BCUT2D eigenvalue weighted by Crippen LogP contribution is -2.16. The number of nitrogens with zero attached hydrogens (tertiary/aromatic N) is 1. The molecule has 0 fully saturated rings. The number of nitrogens with one attached hydrogen (secondary N) is 1. The predicted molar refractivity (Wildman–Crippen MR) is 117 cm³/mol. The van der Waals surface area contributed by atoms with Gasteiger partial charge in [-0.15, -0.1) is 11.3 Å². The Bertz CT molecular complexity index is 1200. The highest BCUT2D eigenvalue weighted by molar-refractivity contribution is 7.21. The summed E-state index contributed by atoms with van der Waals surface area (Å²) in [5.41, 5.74) is 5.26. The van der Waals surface area contributed by atoms with Gasteiger partial charge in [0.1, 0.15) is 10.8 Å². The quantitative estimate of drug-likeness (QED) is 0.436. The first-order chi connectivity index (χ1) is 14.1. The van der Waals surface area contributed by atoms with Crippen LogP contribution in [0.25, 0.3) is 20.8 Å². The van der Waals surface area contributed by atoms with Gasteiger partial charge in [-0.1, -0.05) is 6.07 Å². The van der Waals surface area contributed by atoms with Crippen molar-refractivity contribution in [3.63, 3.8) is 0 Å². The Morgan fingerprint density at radius 3 is 2.76 bits per heavy atom. The molecule has 0 spiro atoms. The molecule has 0 aliphatic heterocycles. The second-order valence-electron chi connectivity index (χ2n) is 7.45. The van der Waals surface area contributed by atoms with Crippen molar-refractivity contribution in [1.82, 2.24) is 4.98 Å². The van der Waals surface area contributed by atoms with Crippen molar-refractivity contribution < 1.29 is 9.21 Å². The van der Waals surface area contributed by atoms with E-state index in [1.54, 1.807) is 23.7 Å². The van der Waals surface area contributed by atoms with Gasteiger partial charge in [-0.05, 0) is 67.4 Å². The fourth-order valence-corrected chi connectivity index (χ4v) is 4.81. The lowest BCUT2D eigenvalue weighted by molar-refractivity contribution is -0.115. The number of allylic oxidation sites excluding steroid dienone is 2. The van der Waals surface area contributed by atoms with Gasteiger partial charge in [0.25, 0.3) is 0 Å². The van der Waals surface area contributed by atoms with Gasteiger partial charge in [0.15, 0.2) is 5.78 Å². The highest BCUT2D eigenvalue weighted by Gasteiger charge is 2.24. The fraction of sp³-hybridized carbons (Fsp3) is 0.167. The molecular weight excluding hydrogens is 380 g/mol. The van der Waals surface area contributed by atoms with Gasteiger partial charge < -0.3 is 9.73 Å². The number of hydrogen-bond donors (Lipinski definition) is 1. The Morgan fingerprint density at radius 2 is 1.97 bits per heavy atom. The fourth-order valence-electron chi connectivity index (χ4n) is 3.74. The van der Waals surface area contributed by atoms with E-state index in [2.05, 4.69) is 42.6 Å². The SMILES string of the molecule is Cc1ccc2nc(-c3ccc(NC4=CC(=O)C[C@H](c5ccco5)C4)cc3)sc2c1. The Hall–Kier alpha value is -3.18. The first-order valence-electron chi connectivity index (χ1n) is 9.65. The van der Waals surface area contributed by atoms with E-state index in [9.17, 15) is 4.79 Å². The maximum Gasteiger partial charge on any atom is 0.158 e. The molecule has 2 aromatic heterocycles. The molecule has 0 unspecified atom stereocenters. The Labute approximate surface area is 172 Å². The summed E-state index contributed by atoms with van der Waals surface area (Å²) in [4.78, 5) is 16.9. The monoisotopic (exact) mass is 400 g/mol. The average Bonchev–Trinajstić information content (AvgIpc) is 3.38. The third-order valence-electron chi connectivity index (χ3n) is 5.18. The second-order valence-corrected chi connectivity index (χ2v) is 8.48. The van der Waals surface area contributed by atoms with Crippen LogP contribution >= 0.6 is 11.3 Å². The molecule has 5 heteroatoms. The molecule has 2 aromatic carbocycles. The maximum atomic E-state index is 12.2. The van der Waals surface area contributed by atoms with Crippen LogP contribution in [0.15, 0.2) is 77.1 Å². The third-order valence-corrected chi connectivity index (χ3v) is 6.24. The summed E-state index contributed by atoms with van der Waals surface area (Å²) in [6, 6.07) is 18.4. The molecule has 144 valence electrons. The molecule has 0 saturated carbocycles. The molecule has 0 amide bonds. The normalized spacial score (nSPS) is 16.8. The lowest BCUT2D eigenvalue weighted by Gasteiger charge is -2.21. The van der Waals surface area contributed by atoms with E-state index in [4.69, 9.17) is 9.40 Å². The van der Waals surface area contributed by atoms with Crippen molar-refractivity contribution in [1.29, 1.82) is 0 Å². The zero-order valence-electron chi connectivity index (χ0n) is 16.0. The van der Waals surface area contributed by atoms with Gasteiger partial charge in [0.2, 0.25) is 0 Å². The molecule has 2 heterocycles. The molecule has 1 atom stereocenters. The van der Waals surface area contributed by atoms with Crippen LogP contribution in [0.2, 0.25) is 0 Å². The molecule has 4 nitrogen and oxygen atoms in total. The molecule has 5 rings (SSSR count). The van der Waals surface area contributed by atoms with Gasteiger partial charge in [0.05, 0.1) is 16.5 Å². The van der Waals surface area contributed by atoms with Crippen LogP contribution in [-0.4, -0.2) is 10.8 Å². The topological polar surface area (TPSA) is 55.1 Å². The molecule has 0 bridgehead atoms. The van der Waals surface area contributed by atoms with Crippen molar-refractivity contribution in [2.75, 3.05) is 5.32 Å². The minimum atomic E-state index is 0.0930. The van der Waals surface area contributed by atoms with Gasteiger partial charge in [-0.2, -0.15) is 0 Å². The first-order valence-corrected chi connectivity index (χ1v) is 10.5. The summed E-state index contributed by atoms with van der Waals surface area (Å²) in [5.74, 6) is 1.09. The molecule has 1 aliphatic carbocycles. The highest BCUT2D eigenvalue weighted by Crippen LogP contribution is 2.34. The van der Waals surface area contributed by atoms with Crippen LogP contribution < -0.4 is 5.32 Å². The number of anilines is 1. The minimum Gasteiger partial charge on any atom is -0.469 e. The summed E-state index contributed by atoms with van der Waals surface area (Å²) in [6.45, 7) is 2.10. The summed E-state index contributed by atoms with van der Waals surface area (Å²) in [6.07, 6.45) is 4.63. The number of ketones is 1. The number of fused-ring (bicyclic) bond motifs is 1. The first kappa shape index (κ1) is 17.9. The number of benzene rings is 2. The van der Waals surface area contributed by atoms with Gasteiger partial charge in [-0.3, -0.25) is 4.79 Å². The highest BCUT2D eigenvalue weighted by atomic mass is 32.1. The van der Waals surface area contributed by atoms with E-state index >= 15 is 0 Å². The molecular formula is C24H20N2O2S. The summed E-state index contributed by atoms with van der Waals surface area (Å²) < 4.78 is 6.71. The number of carbonyl (C=O) groups is 1. The minimum absolute atomic E-state index is 0.0930. The smallest absolute Gasteiger partial charge is 0.158 e. The largest absolute Gasteiger partial charge is 0.469 e. The molecule has 4 aromatic rings. The zero-order chi connectivity index (χ0) is 19.8. The van der Waals surface area contributed by atoms with Gasteiger partial charge in [0, 0.05) is 35.4 Å². The van der Waals surface area contributed by atoms with Crippen molar-refractivity contribution in [3.05, 3.63) is 84.0 Å². The molecule has 1 aliphatic rings. The predicted octanol–water partition coefficient (Wildman–Crippen LogP) is 6.31. The third kappa shape index (κ3) is 3.74. The average molecular weight is 401 g/mol. The Balaban J connectivity index is 1.34. The van der Waals surface area contributed by atoms with Gasteiger partial charge in [-0.25, -0.2) is 4.98 Å². The van der Waals surface area contributed by atoms with Crippen LogP contribution in [0.1, 0.15) is 30.1 Å². The molecule has 1 N–H and O–H groups in total. The van der Waals surface area contributed by atoms with Crippen molar-refractivity contribution in [3.8, 4) is 10.6 Å². The number of thiazole rings is 1. The summed E-state index contributed by atoms with van der Waals surface area (Å²) >= 11 is 1.71. The lowest BCUT2D eigenvalue weighted by atomic mass is 9.89. The number of aryl methyl sites for hydroxylation is 1. The van der Waals surface area contributed by atoms with E-state index in [1.165, 1.54) is 10.3 Å².